The highest BCUT2D eigenvalue weighted by atomic mass is 16.5. The topological polar surface area (TPSA) is 94.0 Å². The molecule has 0 spiro atoms. The van der Waals surface area contributed by atoms with Gasteiger partial charge in [-0.25, -0.2) is 4.98 Å². The van der Waals surface area contributed by atoms with Crippen LogP contribution in [0, 0.1) is 13.8 Å². The number of carbonyl (C=O) groups excluding carboxylic acids is 1. The van der Waals surface area contributed by atoms with Crippen molar-refractivity contribution < 1.29 is 9.32 Å². The standard InChI is InChI=1S/C19H20N4O2/c1-12-8-18(20)22-13(2)16(12)11-21-19(24)17-10-15(23-25-17)9-14-6-4-3-5-7-14/h3-8,10H,9,11H2,1-2H3,(H2,20,22)(H,21,24). The molecular weight excluding hydrogens is 316 g/mol. The molecule has 128 valence electrons. The van der Waals surface area contributed by atoms with Crippen molar-refractivity contribution in [3.05, 3.63) is 76.3 Å². The summed E-state index contributed by atoms with van der Waals surface area (Å²) < 4.78 is 5.17. The van der Waals surface area contributed by atoms with E-state index in [1.165, 1.54) is 0 Å². The molecule has 0 aliphatic carbocycles. The molecule has 0 aliphatic heterocycles. The molecule has 6 nitrogen and oxygen atoms in total. The summed E-state index contributed by atoms with van der Waals surface area (Å²) in [7, 11) is 0. The van der Waals surface area contributed by atoms with Crippen LogP contribution in [-0.4, -0.2) is 16.0 Å². The molecule has 6 heteroatoms. The van der Waals surface area contributed by atoms with E-state index < -0.39 is 0 Å². The van der Waals surface area contributed by atoms with Gasteiger partial charge in [0, 0.05) is 24.7 Å². The van der Waals surface area contributed by atoms with Gasteiger partial charge < -0.3 is 15.6 Å². The van der Waals surface area contributed by atoms with Gasteiger partial charge in [-0.15, -0.1) is 0 Å². The third-order valence-electron chi connectivity index (χ3n) is 4.01. The monoisotopic (exact) mass is 336 g/mol. The Morgan fingerprint density at radius 2 is 1.96 bits per heavy atom. The number of nitrogens with one attached hydrogen (secondary N) is 1. The first kappa shape index (κ1) is 16.7. The fourth-order valence-electron chi connectivity index (χ4n) is 2.72. The van der Waals surface area contributed by atoms with E-state index in [4.69, 9.17) is 10.3 Å². The largest absolute Gasteiger partial charge is 0.384 e. The number of rotatable bonds is 5. The van der Waals surface area contributed by atoms with Crippen LogP contribution < -0.4 is 11.1 Å². The van der Waals surface area contributed by atoms with Crippen LogP contribution in [0.3, 0.4) is 0 Å². The number of carbonyl (C=O) groups is 1. The molecule has 0 bridgehead atoms. The van der Waals surface area contributed by atoms with Crippen molar-refractivity contribution in [1.82, 2.24) is 15.5 Å². The lowest BCUT2D eigenvalue weighted by Gasteiger charge is -2.10. The lowest BCUT2D eigenvalue weighted by atomic mass is 10.1. The molecule has 0 saturated heterocycles. The minimum absolute atomic E-state index is 0.199. The minimum Gasteiger partial charge on any atom is -0.384 e. The molecule has 3 aromatic rings. The second kappa shape index (κ2) is 7.17. The highest BCUT2D eigenvalue weighted by Crippen LogP contribution is 2.15. The summed E-state index contributed by atoms with van der Waals surface area (Å²) in [5.41, 5.74) is 10.3. The van der Waals surface area contributed by atoms with Gasteiger partial charge in [0.15, 0.2) is 0 Å². The van der Waals surface area contributed by atoms with E-state index in [2.05, 4.69) is 15.5 Å². The number of nitrogens with two attached hydrogens (primary N) is 1. The summed E-state index contributed by atoms with van der Waals surface area (Å²) in [4.78, 5) is 16.5. The van der Waals surface area contributed by atoms with Crippen molar-refractivity contribution in [3.63, 3.8) is 0 Å². The number of amides is 1. The molecule has 1 aromatic carbocycles. The molecule has 2 heterocycles. The number of nitrogens with zero attached hydrogens (tertiary/aromatic N) is 2. The lowest BCUT2D eigenvalue weighted by Crippen LogP contribution is -2.23. The minimum atomic E-state index is -0.303. The van der Waals surface area contributed by atoms with Crippen molar-refractivity contribution in [2.45, 2.75) is 26.8 Å². The summed E-state index contributed by atoms with van der Waals surface area (Å²) in [5.74, 6) is 0.373. The molecule has 25 heavy (non-hydrogen) atoms. The van der Waals surface area contributed by atoms with Gasteiger partial charge in [-0.2, -0.15) is 0 Å². The van der Waals surface area contributed by atoms with Gasteiger partial charge in [0.2, 0.25) is 5.76 Å². The number of hydrogen-bond donors (Lipinski definition) is 2. The molecule has 0 fully saturated rings. The van der Waals surface area contributed by atoms with E-state index in [1.54, 1.807) is 12.1 Å². The second-order valence-corrected chi connectivity index (χ2v) is 5.96. The summed E-state index contributed by atoms with van der Waals surface area (Å²) in [5, 5.41) is 6.81. The molecular formula is C19H20N4O2. The van der Waals surface area contributed by atoms with Crippen molar-refractivity contribution in [2.24, 2.45) is 0 Å². The third kappa shape index (κ3) is 4.03. The number of aryl methyl sites for hydroxylation is 2. The number of anilines is 1. The van der Waals surface area contributed by atoms with Gasteiger partial charge in [0.25, 0.3) is 5.91 Å². The van der Waals surface area contributed by atoms with E-state index in [0.717, 1.165) is 28.1 Å². The molecule has 1 amide bonds. The van der Waals surface area contributed by atoms with Gasteiger partial charge in [-0.3, -0.25) is 4.79 Å². The highest BCUT2D eigenvalue weighted by Gasteiger charge is 2.14. The summed E-state index contributed by atoms with van der Waals surface area (Å²) in [6.45, 7) is 4.18. The van der Waals surface area contributed by atoms with Crippen molar-refractivity contribution in [3.8, 4) is 0 Å². The van der Waals surface area contributed by atoms with Gasteiger partial charge >= 0.3 is 0 Å². The van der Waals surface area contributed by atoms with Crippen LogP contribution in [-0.2, 0) is 13.0 Å². The summed E-state index contributed by atoms with van der Waals surface area (Å²) >= 11 is 0. The zero-order valence-electron chi connectivity index (χ0n) is 14.2. The molecule has 0 aliphatic rings. The molecule has 0 radical (unpaired) electrons. The normalized spacial score (nSPS) is 10.6. The zero-order valence-corrected chi connectivity index (χ0v) is 14.2. The van der Waals surface area contributed by atoms with Crippen molar-refractivity contribution in [1.29, 1.82) is 0 Å². The van der Waals surface area contributed by atoms with Crippen molar-refractivity contribution in [2.75, 3.05) is 5.73 Å². The number of benzene rings is 1. The maximum absolute atomic E-state index is 12.3. The van der Waals surface area contributed by atoms with E-state index in [0.29, 0.717) is 18.8 Å². The quantitative estimate of drug-likeness (QED) is 0.747. The van der Waals surface area contributed by atoms with E-state index in [9.17, 15) is 4.79 Å². The van der Waals surface area contributed by atoms with Crippen LogP contribution in [0.5, 0.6) is 0 Å². The Kier molecular flexibility index (Phi) is 4.79. The zero-order chi connectivity index (χ0) is 17.8. The molecule has 2 aromatic heterocycles. The Hall–Kier alpha value is -3.15. The first-order valence-corrected chi connectivity index (χ1v) is 8.03. The highest BCUT2D eigenvalue weighted by molar-refractivity contribution is 5.91. The fraction of sp³-hybridized carbons (Fsp3) is 0.211. The molecule has 0 unspecified atom stereocenters. The van der Waals surface area contributed by atoms with Crippen LogP contribution in [0.4, 0.5) is 5.82 Å². The van der Waals surface area contributed by atoms with Crippen LogP contribution in [0.2, 0.25) is 0 Å². The lowest BCUT2D eigenvalue weighted by molar-refractivity contribution is 0.0914. The van der Waals surface area contributed by atoms with E-state index >= 15 is 0 Å². The number of nitrogen functional groups attached to an aromatic ring is 1. The van der Waals surface area contributed by atoms with Crippen LogP contribution in [0.1, 0.15) is 38.6 Å². The van der Waals surface area contributed by atoms with Gasteiger partial charge in [-0.05, 0) is 36.6 Å². The average molecular weight is 336 g/mol. The van der Waals surface area contributed by atoms with Gasteiger partial charge in [0.1, 0.15) is 5.82 Å². The molecule has 3 rings (SSSR count). The molecule has 0 saturated carbocycles. The van der Waals surface area contributed by atoms with Gasteiger partial charge in [-0.1, -0.05) is 35.5 Å². The number of aromatic nitrogens is 2. The Morgan fingerprint density at radius 1 is 1.20 bits per heavy atom. The van der Waals surface area contributed by atoms with Gasteiger partial charge in [0.05, 0.1) is 5.69 Å². The SMILES string of the molecule is Cc1cc(N)nc(C)c1CNC(=O)c1cc(Cc2ccccc2)no1. The summed E-state index contributed by atoms with van der Waals surface area (Å²) in [6.07, 6.45) is 0.623. The van der Waals surface area contributed by atoms with Crippen LogP contribution >= 0.6 is 0 Å². The first-order chi connectivity index (χ1) is 12.0. The Morgan fingerprint density at radius 3 is 2.68 bits per heavy atom. The maximum Gasteiger partial charge on any atom is 0.290 e. The second-order valence-electron chi connectivity index (χ2n) is 5.96. The maximum atomic E-state index is 12.3. The average Bonchev–Trinajstić information content (AvgIpc) is 3.03. The van der Waals surface area contributed by atoms with E-state index in [1.807, 2.05) is 44.2 Å². The van der Waals surface area contributed by atoms with Crippen molar-refractivity contribution >= 4 is 11.7 Å². The molecule has 0 atom stereocenters. The Bertz CT molecular complexity index is 864. The Labute approximate surface area is 146 Å². The molecule has 3 N–H and O–H groups in total. The third-order valence-corrected chi connectivity index (χ3v) is 4.01. The number of pyridine rings is 1. The number of hydrogen-bond acceptors (Lipinski definition) is 5. The van der Waals surface area contributed by atoms with Crippen LogP contribution in [0.15, 0.2) is 47.0 Å². The van der Waals surface area contributed by atoms with E-state index in [-0.39, 0.29) is 11.7 Å². The predicted octanol–water partition coefficient (Wildman–Crippen LogP) is 2.79. The van der Waals surface area contributed by atoms with Crippen LogP contribution in [0.25, 0.3) is 0 Å². The fourth-order valence-corrected chi connectivity index (χ4v) is 2.72. The predicted molar refractivity (Wildman–Crippen MR) is 95.0 cm³/mol. The first-order valence-electron chi connectivity index (χ1n) is 8.03. The Balaban J connectivity index is 1.64. The summed E-state index contributed by atoms with van der Waals surface area (Å²) in [6, 6.07) is 13.4. The smallest absolute Gasteiger partial charge is 0.290 e.